The van der Waals surface area contributed by atoms with Gasteiger partial charge in [0.2, 0.25) is 0 Å². The van der Waals surface area contributed by atoms with Gasteiger partial charge in [-0.1, -0.05) is 11.6 Å². The molecule has 1 saturated heterocycles. The van der Waals surface area contributed by atoms with Gasteiger partial charge in [0.25, 0.3) is 0 Å². The normalized spacial score (nSPS) is 33.0. The maximum Gasteiger partial charge on any atom is 0.167 e. The summed E-state index contributed by atoms with van der Waals surface area (Å²) in [5, 5.41) is 29.7. The van der Waals surface area contributed by atoms with E-state index in [0.29, 0.717) is 11.0 Å². The number of nitrogens with zero attached hydrogens (tertiary/aromatic N) is 3. The van der Waals surface area contributed by atoms with E-state index in [0.717, 1.165) is 0 Å². The number of hydrogen-bond donors (Lipinski definition) is 3. The zero-order valence-electron chi connectivity index (χ0n) is 11.4. The first-order chi connectivity index (χ1) is 10.5. The van der Waals surface area contributed by atoms with Crippen LogP contribution in [0.4, 0.5) is 4.39 Å². The van der Waals surface area contributed by atoms with Crippen LogP contribution >= 0.6 is 11.6 Å². The first-order valence-corrected chi connectivity index (χ1v) is 7.14. The highest BCUT2D eigenvalue weighted by Gasteiger charge is 2.40. The summed E-state index contributed by atoms with van der Waals surface area (Å²) in [6.45, 7) is -0.545. The van der Waals surface area contributed by atoms with E-state index < -0.39 is 37.3 Å². The third-order valence-electron chi connectivity index (χ3n) is 3.78. The summed E-state index contributed by atoms with van der Waals surface area (Å²) >= 11 is 5.96. The van der Waals surface area contributed by atoms with Crippen LogP contribution in [-0.2, 0) is 4.74 Å². The second-order valence-electron chi connectivity index (χ2n) is 5.18. The van der Waals surface area contributed by atoms with Crippen molar-refractivity contribution in [2.75, 3.05) is 6.61 Å². The van der Waals surface area contributed by atoms with Gasteiger partial charge < -0.3 is 24.6 Å². The summed E-state index contributed by atoms with van der Waals surface area (Å²) in [4.78, 5) is 7.91. The van der Waals surface area contributed by atoms with Crippen LogP contribution in [0.1, 0.15) is 12.6 Å². The Labute approximate surface area is 129 Å². The smallest absolute Gasteiger partial charge is 0.167 e. The molecular weight excluding hydrogens is 317 g/mol. The Bertz CT molecular complexity index is 670. The number of rotatable bonds is 2. The Morgan fingerprint density at radius 1 is 1.41 bits per heavy atom. The Balaban J connectivity index is 2.02. The molecule has 0 unspecified atom stereocenters. The van der Waals surface area contributed by atoms with Crippen molar-refractivity contribution in [2.45, 2.75) is 37.1 Å². The fourth-order valence-corrected chi connectivity index (χ4v) is 2.81. The molecule has 0 saturated carbocycles. The van der Waals surface area contributed by atoms with Crippen molar-refractivity contribution in [3.05, 3.63) is 23.7 Å². The first-order valence-electron chi connectivity index (χ1n) is 6.76. The minimum absolute atomic E-state index is 0.228. The molecular formula is C13H15ClFN3O4. The summed E-state index contributed by atoms with van der Waals surface area (Å²) in [6.07, 6.45) is -4.06. The number of aliphatic hydroxyl groups excluding tert-OH is 3. The minimum atomic E-state index is -1.59. The third kappa shape index (κ3) is 2.57. The molecule has 3 heterocycles. The van der Waals surface area contributed by atoms with Gasteiger partial charge in [-0.25, -0.2) is 14.4 Å². The molecule has 1 aliphatic rings. The molecule has 0 aromatic carbocycles. The zero-order chi connectivity index (χ0) is 15.9. The summed E-state index contributed by atoms with van der Waals surface area (Å²) in [5.74, 6) is 0. The lowest BCUT2D eigenvalue weighted by Crippen LogP contribution is -2.39. The van der Waals surface area contributed by atoms with Crippen LogP contribution in [0.25, 0.3) is 11.0 Å². The average Bonchev–Trinajstić information content (AvgIpc) is 2.88. The van der Waals surface area contributed by atoms with E-state index in [-0.39, 0.29) is 11.6 Å². The molecule has 3 rings (SSSR count). The van der Waals surface area contributed by atoms with Crippen LogP contribution in [-0.4, -0.2) is 60.9 Å². The number of alkyl halides is 1. The van der Waals surface area contributed by atoms with E-state index in [1.165, 1.54) is 10.9 Å². The first kappa shape index (κ1) is 15.6. The Hall–Kier alpha value is -1.32. The lowest BCUT2D eigenvalue weighted by Gasteiger charge is -2.25. The monoisotopic (exact) mass is 331 g/mol. The van der Waals surface area contributed by atoms with Gasteiger partial charge >= 0.3 is 0 Å². The highest BCUT2D eigenvalue weighted by Crippen LogP contribution is 2.32. The molecule has 7 nitrogen and oxygen atoms in total. The Morgan fingerprint density at radius 2 is 2.18 bits per heavy atom. The predicted molar refractivity (Wildman–Crippen MR) is 75.1 cm³/mol. The van der Waals surface area contributed by atoms with Crippen molar-refractivity contribution in [2.24, 2.45) is 0 Å². The summed E-state index contributed by atoms with van der Waals surface area (Å²) < 4.78 is 21.3. The van der Waals surface area contributed by atoms with Crippen LogP contribution in [0.15, 0.2) is 18.6 Å². The van der Waals surface area contributed by atoms with Crippen molar-refractivity contribution in [1.82, 2.24) is 14.5 Å². The van der Waals surface area contributed by atoms with Gasteiger partial charge in [0.1, 0.15) is 35.5 Å². The van der Waals surface area contributed by atoms with Crippen LogP contribution in [0, 0.1) is 0 Å². The maximum atomic E-state index is 14.5. The van der Waals surface area contributed by atoms with Crippen molar-refractivity contribution >= 4 is 22.6 Å². The Kier molecular flexibility index (Phi) is 4.28. The molecule has 22 heavy (non-hydrogen) atoms. The van der Waals surface area contributed by atoms with Crippen LogP contribution in [0.3, 0.4) is 0 Å². The van der Waals surface area contributed by atoms with Gasteiger partial charge in [0, 0.05) is 12.6 Å². The van der Waals surface area contributed by atoms with E-state index in [1.807, 2.05) is 0 Å². The molecule has 3 N–H and O–H groups in total. The van der Waals surface area contributed by atoms with E-state index in [2.05, 4.69) is 9.97 Å². The van der Waals surface area contributed by atoms with Gasteiger partial charge in [-0.3, -0.25) is 0 Å². The predicted octanol–water partition coefficient (Wildman–Crippen LogP) is 0.424. The van der Waals surface area contributed by atoms with Crippen molar-refractivity contribution in [3.8, 4) is 0 Å². The number of fused-ring (bicyclic) bond motifs is 1. The fraction of sp³-hybridized carbons (Fsp3) is 0.538. The van der Waals surface area contributed by atoms with E-state index in [9.17, 15) is 19.7 Å². The van der Waals surface area contributed by atoms with Crippen LogP contribution in [0.2, 0.25) is 5.15 Å². The molecule has 0 aliphatic carbocycles. The molecule has 0 amide bonds. The van der Waals surface area contributed by atoms with Crippen LogP contribution < -0.4 is 0 Å². The molecule has 120 valence electrons. The third-order valence-corrected chi connectivity index (χ3v) is 4.08. The van der Waals surface area contributed by atoms with Gasteiger partial charge in [-0.2, -0.15) is 0 Å². The molecule has 5 atom stereocenters. The topological polar surface area (TPSA) is 101 Å². The minimum Gasteiger partial charge on any atom is -0.394 e. The van der Waals surface area contributed by atoms with Gasteiger partial charge in [0.05, 0.1) is 18.1 Å². The fourth-order valence-electron chi connectivity index (χ4n) is 2.62. The lowest BCUT2D eigenvalue weighted by atomic mass is 10.0. The van der Waals surface area contributed by atoms with Gasteiger partial charge in [-0.05, 0) is 6.07 Å². The Morgan fingerprint density at radius 3 is 2.91 bits per heavy atom. The highest BCUT2D eigenvalue weighted by atomic mass is 35.5. The average molecular weight is 332 g/mol. The van der Waals surface area contributed by atoms with E-state index >= 15 is 0 Å². The summed E-state index contributed by atoms with van der Waals surface area (Å²) in [5.41, 5.74) is 0.371. The highest BCUT2D eigenvalue weighted by molar-refractivity contribution is 6.33. The van der Waals surface area contributed by atoms with E-state index in [1.54, 1.807) is 12.3 Å². The molecule has 1 aliphatic heterocycles. The van der Waals surface area contributed by atoms with Gasteiger partial charge in [-0.15, -0.1) is 0 Å². The summed E-state index contributed by atoms with van der Waals surface area (Å²) in [7, 11) is 0. The molecule has 9 heteroatoms. The number of ether oxygens (including phenoxy) is 1. The number of aliphatic hydroxyl groups is 3. The number of halogens is 2. The second-order valence-corrected chi connectivity index (χ2v) is 5.54. The molecule has 1 fully saturated rings. The molecule has 0 radical (unpaired) electrons. The standard InChI is InChI=1S/C13H15ClFN3O4/c14-11-6-1-2-18(12(6)17-5-16-11)13-7(15)3-8(20)10(21)9(4-19)22-13/h1-2,5,7-10,13,19-21H,3-4H2/t7-,8-,9+,10-,13+/m0/s1. The maximum absolute atomic E-state index is 14.5. The molecule has 0 bridgehead atoms. The second kappa shape index (κ2) is 6.05. The van der Waals surface area contributed by atoms with E-state index in [4.69, 9.17) is 16.3 Å². The molecule has 2 aromatic rings. The van der Waals surface area contributed by atoms with Crippen LogP contribution in [0.5, 0.6) is 0 Å². The van der Waals surface area contributed by atoms with Crippen molar-refractivity contribution < 1.29 is 24.4 Å². The quantitative estimate of drug-likeness (QED) is 0.690. The lowest BCUT2D eigenvalue weighted by molar-refractivity contribution is -0.137. The summed E-state index contributed by atoms with van der Waals surface area (Å²) in [6, 6.07) is 1.62. The van der Waals surface area contributed by atoms with Crippen molar-refractivity contribution in [1.29, 1.82) is 0 Å². The molecule has 2 aromatic heterocycles. The molecule has 0 spiro atoms. The number of aromatic nitrogens is 3. The zero-order valence-corrected chi connectivity index (χ0v) is 12.1. The van der Waals surface area contributed by atoms with Gasteiger partial charge in [0.15, 0.2) is 6.23 Å². The SMILES string of the molecule is OC[C@H]1O[C@@H](n2ccc3c(Cl)ncnc32)[C@@H](F)C[C@H](O)[C@@H]1O. The number of hydrogen-bond acceptors (Lipinski definition) is 6. The largest absolute Gasteiger partial charge is 0.394 e. The van der Waals surface area contributed by atoms with Crippen molar-refractivity contribution in [3.63, 3.8) is 0 Å².